The molecule has 9 aromatic carbocycles. The molecule has 260 valence electrons. The van der Waals surface area contributed by atoms with Crippen molar-refractivity contribution in [2.75, 3.05) is 0 Å². The minimum absolute atomic E-state index is 0.648. The standard InChI is InChI=1S/C52H31N3S/c1-4-18-32(19-5-1)43-47(33-20-6-2-7-21-33)53-52(54-48(43)34-22-8-3-9-23-34)55-42-31-17-16-30-41(42)44-38-27-13-15-29-40(38)51-46(49(44)55)45-37-26-12-10-24-35(37)36-25-11-14-28-39(36)50(45)56-51/h1-31H. The molecule has 3 aromatic heterocycles. The average molecular weight is 730 g/mol. The van der Waals surface area contributed by atoms with Crippen LogP contribution in [0.5, 0.6) is 0 Å². The van der Waals surface area contributed by atoms with Crippen LogP contribution in [0.3, 0.4) is 0 Å². The Morgan fingerprint density at radius 1 is 0.339 bits per heavy atom. The Hall–Kier alpha value is -7.14. The van der Waals surface area contributed by atoms with Gasteiger partial charge in [0.2, 0.25) is 5.95 Å². The first-order chi connectivity index (χ1) is 27.8. The van der Waals surface area contributed by atoms with E-state index in [-0.39, 0.29) is 0 Å². The van der Waals surface area contributed by atoms with Crippen molar-refractivity contribution in [3.63, 3.8) is 0 Å². The Morgan fingerprint density at radius 3 is 1.34 bits per heavy atom. The summed E-state index contributed by atoms with van der Waals surface area (Å²) in [6, 6.07) is 67.3. The van der Waals surface area contributed by atoms with E-state index < -0.39 is 0 Å². The lowest BCUT2D eigenvalue weighted by atomic mass is 9.94. The average Bonchev–Trinajstić information content (AvgIpc) is 3.85. The minimum atomic E-state index is 0.648. The first-order valence-corrected chi connectivity index (χ1v) is 19.8. The van der Waals surface area contributed by atoms with Crippen LogP contribution < -0.4 is 0 Å². The third-order valence-electron chi connectivity index (χ3n) is 11.4. The zero-order valence-corrected chi connectivity index (χ0v) is 31.0. The largest absolute Gasteiger partial charge is 0.277 e. The van der Waals surface area contributed by atoms with Gasteiger partial charge in [0.1, 0.15) is 0 Å². The first-order valence-electron chi connectivity index (χ1n) is 19.0. The van der Waals surface area contributed by atoms with Crippen molar-refractivity contribution in [1.82, 2.24) is 14.5 Å². The normalized spacial score (nSPS) is 11.9. The predicted molar refractivity (Wildman–Crippen MR) is 238 cm³/mol. The van der Waals surface area contributed by atoms with Crippen LogP contribution in [0, 0.1) is 0 Å². The summed E-state index contributed by atoms with van der Waals surface area (Å²) in [5.41, 5.74) is 8.19. The van der Waals surface area contributed by atoms with E-state index in [1.165, 1.54) is 63.3 Å². The Balaban J connectivity index is 1.35. The lowest BCUT2D eigenvalue weighted by molar-refractivity contribution is 1.000. The Bertz CT molecular complexity index is 3450. The quantitative estimate of drug-likeness (QED) is 0.169. The van der Waals surface area contributed by atoms with E-state index in [9.17, 15) is 0 Å². The van der Waals surface area contributed by atoms with Crippen molar-refractivity contribution in [3.05, 3.63) is 188 Å². The van der Waals surface area contributed by atoms with E-state index in [1.54, 1.807) is 0 Å². The summed E-state index contributed by atoms with van der Waals surface area (Å²) in [6.45, 7) is 0. The number of aromatic nitrogens is 3. The molecule has 0 aliphatic heterocycles. The van der Waals surface area contributed by atoms with Crippen LogP contribution in [0.1, 0.15) is 0 Å². The van der Waals surface area contributed by atoms with Crippen LogP contribution in [0.25, 0.3) is 114 Å². The van der Waals surface area contributed by atoms with Crippen molar-refractivity contribution in [1.29, 1.82) is 0 Å². The SMILES string of the molecule is c1ccc(-c2nc(-n3c4ccccc4c4c5ccccc5c5sc6c7ccccc7c7ccccc7c6c5c43)nc(-c3ccccc3)c2-c2ccccc2)cc1. The van der Waals surface area contributed by atoms with Crippen LogP contribution in [0.4, 0.5) is 0 Å². The third-order valence-corrected chi connectivity index (χ3v) is 12.6. The molecule has 12 aromatic rings. The highest BCUT2D eigenvalue weighted by atomic mass is 32.1. The van der Waals surface area contributed by atoms with Gasteiger partial charge in [0.05, 0.1) is 22.4 Å². The first kappa shape index (κ1) is 31.2. The number of hydrogen-bond donors (Lipinski definition) is 0. The molecule has 0 spiro atoms. The second kappa shape index (κ2) is 12.2. The number of nitrogens with zero attached hydrogens (tertiary/aromatic N) is 3. The molecule has 12 rings (SSSR count). The maximum Gasteiger partial charge on any atom is 0.235 e. The van der Waals surface area contributed by atoms with E-state index >= 15 is 0 Å². The highest BCUT2D eigenvalue weighted by Crippen LogP contribution is 2.51. The summed E-state index contributed by atoms with van der Waals surface area (Å²) in [5, 5.41) is 12.5. The summed E-state index contributed by atoms with van der Waals surface area (Å²) in [7, 11) is 0. The summed E-state index contributed by atoms with van der Waals surface area (Å²) in [5.74, 6) is 0.648. The molecule has 0 aliphatic rings. The van der Waals surface area contributed by atoms with E-state index in [1.807, 2.05) is 11.3 Å². The molecular formula is C52H31N3S. The van der Waals surface area contributed by atoms with E-state index in [0.29, 0.717) is 5.95 Å². The van der Waals surface area contributed by atoms with Crippen molar-refractivity contribution in [3.8, 4) is 39.6 Å². The second-order valence-corrected chi connectivity index (χ2v) is 15.4. The van der Waals surface area contributed by atoms with Gasteiger partial charge in [-0.3, -0.25) is 4.57 Å². The van der Waals surface area contributed by atoms with Gasteiger partial charge in [0.15, 0.2) is 0 Å². The smallest absolute Gasteiger partial charge is 0.235 e. The van der Waals surface area contributed by atoms with E-state index in [4.69, 9.17) is 9.97 Å². The molecule has 0 radical (unpaired) electrons. The van der Waals surface area contributed by atoms with Gasteiger partial charge in [-0.05, 0) is 33.2 Å². The fraction of sp³-hybridized carbons (Fsp3) is 0. The molecule has 0 aliphatic carbocycles. The molecule has 0 saturated carbocycles. The van der Waals surface area contributed by atoms with Gasteiger partial charge in [0.25, 0.3) is 0 Å². The van der Waals surface area contributed by atoms with Crippen LogP contribution in [-0.4, -0.2) is 14.5 Å². The van der Waals surface area contributed by atoms with Gasteiger partial charge >= 0.3 is 0 Å². The molecule has 0 amide bonds. The van der Waals surface area contributed by atoms with Crippen molar-refractivity contribution in [2.24, 2.45) is 0 Å². The van der Waals surface area contributed by atoms with Crippen LogP contribution >= 0.6 is 11.3 Å². The third kappa shape index (κ3) is 4.45. The summed E-state index contributed by atoms with van der Waals surface area (Å²) >= 11 is 1.91. The topological polar surface area (TPSA) is 30.7 Å². The van der Waals surface area contributed by atoms with Gasteiger partial charge in [-0.2, -0.15) is 0 Å². The van der Waals surface area contributed by atoms with Crippen LogP contribution in [-0.2, 0) is 0 Å². The molecular weight excluding hydrogens is 699 g/mol. The summed E-state index contributed by atoms with van der Waals surface area (Å²) in [6.07, 6.45) is 0. The number of para-hydroxylation sites is 1. The lowest BCUT2D eigenvalue weighted by Gasteiger charge is -2.18. The lowest BCUT2D eigenvalue weighted by Crippen LogP contribution is -2.06. The van der Waals surface area contributed by atoms with Crippen molar-refractivity contribution >= 4 is 85.6 Å². The fourth-order valence-corrected chi connectivity index (χ4v) is 10.4. The second-order valence-electron chi connectivity index (χ2n) is 14.4. The van der Waals surface area contributed by atoms with Gasteiger partial charge in [0, 0.05) is 58.4 Å². The molecule has 0 fully saturated rings. The van der Waals surface area contributed by atoms with Gasteiger partial charge in [-0.15, -0.1) is 11.3 Å². The molecule has 3 heterocycles. The van der Waals surface area contributed by atoms with E-state index in [2.05, 4.69) is 193 Å². The number of fused-ring (bicyclic) bond motifs is 15. The van der Waals surface area contributed by atoms with Crippen LogP contribution in [0.15, 0.2) is 188 Å². The van der Waals surface area contributed by atoms with Gasteiger partial charge in [-0.25, -0.2) is 9.97 Å². The molecule has 56 heavy (non-hydrogen) atoms. The number of rotatable bonds is 4. The van der Waals surface area contributed by atoms with Crippen molar-refractivity contribution < 1.29 is 0 Å². The molecule has 0 saturated heterocycles. The highest BCUT2D eigenvalue weighted by Gasteiger charge is 2.27. The van der Waals surface area contributed by atoms with Crippen molar-refractivity contribution in [2.45, 2.75) is 0 Å². The van der Waals surface area contributed by atoms with E-state index in [0.717, 1.165) is 44.7 Å². The molecule has 4 heteroatoms. The monoisotopic (exact) mass is 729 g/mol. The summed E-state index contributed by atoms with van der Waals surface area (Å²) in [4.78, 5) is 11.3. The number of thiophene rings is 1. The maximum atomic E-state index is 5.67. The molecule has 3 nitrogen and oxygen atoms in total. The Morgan fingerprint density at radius 2 is 0.750 bits per heavy atom. The zero-order chi connectivity index (χ0) is 36.7. The fourth-order valence-electron chi connectivity index (χ4n) is 9.04. The zero-order valence-electron chi connectivity index (χ0n) is 30.1. The van der Waals surface area contributed by atoms with Gasteiger partial charge in [-0.1, -0.05) is 182 Å². The molecule has 0 N–H and O–H groups in total. The molecule has 0 bridgehead atoms. The highest BCUT2D eigenvalue weighted by molar-refractivity contribution is 7.28. The molecule has 0 unspecified atom stereocenters. The summed E-state index contributed by atoms with van der Waals surface area (Å²) < 4.78 is 4.95. The number of hydrogen-bond acceptors (Lipinski definition) is 3. The Kier molecular flexibility index (Phi) is 6.80. The Labute approximate surface area is 326 Å². The van der Waals surface area contributed by atoms with Gasteiger partial charge < -0.3 is 0 Å². The van der Waals surface area contributed by atoms with Crippen LogP contribution in [0.2, 0.25) is 0 Å². The maximum absolute atomic E-state index is 5.67. The number of benzene rings is 9. The minimum Gasteiger partial charge on any atom is -0.277 e. The molecule has 0 atom stereocenters. The predicted octanol–water partition coefficient (Wildman–Crippen LogP) is 14.4.